The Bertz CT molecular complexity index is 952. The van der Waals surface area contributed by atoms with Gasteiger partial charge < -0.3 is 9.32 Å². The van der Waals surface area contributed by atoms with Crippen molar-refractivity contribution in [2.75, 3.05) is 26.2 Å². The summed E-state index contributed by atoms with van der Waals surface area (Å²) in [7, 11) is -2.13. The van der Waals surface area contributed by atoms with E-state index in [2.05, 4.69) is 0 Å². The number of aryl methyl sites for hydroxylation is 1. The second-order valence-corrected chi connectivity index (χ2v) is 8.03. The van der Waals surface area contributed by atoms with Crippen molar-refractivity contribution in [2.24, 2.45) is 7.05 Å². The predicted molar refractivity (Wildman–Crippen MR) is 91.7 cm³/mol. The van der Waals surface area contributed by atoms with Crippen molar-refractivity contribution in [3.05, 3.63) is 28.7 Å². The van der Waals surface area contributed by atoms with E-state index in [4.69, 9.17) is 4.42 Å². The zero-order valence-electron chi connectivity index (χ0n) is 14.3. The Labute approximate surface area is 145 Å². The molecule has 136 valence electrons. The molecule has 1 saturated heterocycles. The van der Waals surface area contributed by atoms with E-state index < -0.39 is 15.8 Å². The summed E-state index contributed by atoms with van der Waals surface area (Å²) in [6.45, 7) is 3.24. The molecule has 0 aliphatic carbocycles. The summed E-state index contributed by atoms with van der Waals surface area (Å²) >= 11 is 0. The third kappa shape index (κ3) is 3.21. The minimum absolute atomic E-state index is 0.0621. The van der Waals surface area contributed by atoms with E-state index in [0.29, 0.717) is 25.0 Å². The molecular formula is C16H21N3O5S. The van der Waals surface area contributed by atoms with E-state index in [0.717, 1.165) is 6.42 Å². The van der Waals surface area contributed by atoms with E-state index in [1.54, 1.807) is 18.0 Å². The number of hydrogen-bond donors (Lipinski definition) is 0. The number of fused-ring (bicyclic) bond motifs is 1. The Kier molecular flexibility index (Phi) is 4.70. The highest BCUT2D eigenvalue weighted by Gasteiger charge is 2.30. The van der Waals surface area contributed by atoms with Crippen molar-refractivity contribution < 1.29 is 17.6 Å². The SMILES string of the molecule is CCCC(=O)N1CCN(S(=O)(=O)c2ccc3c(c2)oc(=O)n3C)CC1. The lowest BCUT2D eigenvalue weighted by molar-refractivity contribution is -0.132. The lowest BCUT2D eigenvalue weighted by atomic mass is 10.2. The van der Waals surface area contributed by atoms with Crippen LogP contribution in [0.3, 0.4) is 0 Å². The van der Waals surface area contributed by atoms with Gasteiger partial charge in [-0.3, -0.25) is 9.36 Å². The van der Waals surface area contributed by atoms with Crippen molar-refractivity contribution in [1.29, 1.82) is 0 Å². The molecule has 3 rings (SSSR count). The fraction of sp³-hybridized carbons (Fsp3) is 0.500. The fourth-order valence-corrected chi connectivity index (χ4v) is 4.41. The molecule has 0 radical (unpaired) electrons. The van der Waals surface area contributed by atoms with Crippen LogP contribution in [-0.2, 0) is 21.9 Å². The lowest BCUT2D eigenvalue weighted by Crippen LogP contribution is -2.50. The first-order chi connectivity index (χ1) is 11.8. The number of piperazine rings is 1. The van der Waals surface area contributed by atoms with Gasteiger partial charge in [-0.2, -0.15) is 4.31 Å². The molecule has 1 aliphatic heterocycles. The third-order valence-electron chi connectivity index (χ3n) is 4.46. The third-order valence-corrected chi connectivity index (χ3v) is 6.35. The molecule has 0 spiro atoms. The zero-order valence-corrected chi connectivity index (χ0v) is 15.1. The van der Waals surface area contributed by atoms with E-state index >= 15 is 0 Å². The number of aromatic nitrogens is 1. The smallest absolute Gasteiger partial charge is 0.408 e. The minimum atomic E-state index is -3.69. The molecular weight excluding hydrogens is 346 g/mol. The van der Waals surface area contributed by atoms with Crippen LogP contribution in [0.15, 0.2) is 32.3 Å². The van der Waals surface area contributed by atoms with E-state index in [1.807, 2.05) is 6.92 Å². The first kappa shape index (κ1) is 17.7. The van der Waals surface area contributed by atoms with Crippen LogP contribution in [0, 0.1) is 0 Å². The van der Waals surface area contributed by atoms with Crippen LogP contribution in [0.25, 0.3) is 11.1 Å². The number of rotatable bonds is 4. The summed E-state index contributed by atoms with van der Waals surface area (Å²) in [6.07, 6.45) is 1.26. The Hall–Kier alpha value is -2.13. The first-order valence-electron chi connectivity index (χ1n) is 8.22. The van der Waals surface area contributed by atoms with Crippen LogP contribution in [0.4, 0.5) is 0 Å². The fourth-order valence-electron chi connectivity index (χ4n) is 2.97. The van der Waals surface area contributed by atoms with Crippen LogP contribution >= 0.6 is 0 Å². The first-order valence-corrected chi connectivity index (χ1v) is 9.66. The van der Waals surface area contributed by atoms with E-state index in [-0.39, 0.29) is 29.5 Å². The van der Waals surface area contributed by atoms with Gasteiger partial charge in [-0.25, -0.2) is 13.2 Å². The highest BCUT2D eigenvalue weighted by Crippen LogP contribution is 2.22. The normalized spacial score (nSPS) is 16.5. The van der Waals surface area contributed by atoms with Crippen molar-refractivity contribution >= 4 is 27.0 Å². The van der Waals surface area contributed by atoms with E-state index in [1.165, 1.54) is 21.0 Å². The molecule has 2 aromatic rings. The van der Waals surface area contributed by atoms with Crippen molar-refractivity contribution in [1.82, 2.24) is 13.8 Å². The molecule has 8 nitrogen and oxygen atoms in total. The summed E-state index contributed by atoms with van der Waals surface area (Å²) < 4.78 is 33.4. The number of oxazole rings is 1. The van der Waals surface area contributed by atoms with Crippen LogP contribution in [0.1, 0.15) is 19.8 Å². The van der Waals surface area contributed by atoms with Crippen LogP contribution in [0.5, 0.6) is 0 Å². The Balaban J connectivity index is 1.81. The van der Waals surface area contributed by atoms with Gasteiger partial charge in [0.25, 0.3) is 0 Å². The Morgan fingerprint density at radius 3 is 2.52 bits per heavy atom. The molecule has 0 N–H and O–H groups in total. The van der Waals surface area contributed by atoms with Crippen molar-refractivity contribution in [2.45, 2.75) is 24.7 Å². The second kappa shape index (κ2) is 6.64. The van der Waals surface area contributed by atoms with Gasteiger partial charge in [0, 0.05) is 45.7 Å². The molecule has 1 aromatic heterocycles. The average molecular weight is 367 g/mol. The highest BCUT2D eigenvalue weighted by molar-refractivity contribution is 7.89. The number of nitrogens with zero attached hydrogens (tertiary/aromatic N) is 3. The molecule has 1 fully saturated rings. The average Bonchev–Trinajstić information content (AvgIpc) is 2.89. The van der Waals surface area contributed by atoms with Crippen LogP contribution < -0.4 is 5.76 Å². The monoisotopic (exact) mass is 367 g/mol. The Morgan fingerprint density at radius 2 is 1.88 bits per heavy atom. The van der Waals surface area contributed by atoms with E-state index in [9.17, 15) is 18.0 Å². The maximum absolute atomic E-state index is 12.8. The molecule has 2 heterocycles. The highest BCUT2D eigenvalue weighted by atomic mass is 32.2. The molecule has 1 aromatic carbocycles. The second-order valence-electron chi connectivity index (χ2n) is 6.09. The minimum Gasteiger partial charge on any atom is -0.408 e. The number of carbonyl (C=O) groups is 1. The molecule has 9 heteroatoms. The van der Waals surface area contributed by atoms with Gasteiger partial charge in [0.05, 0.1) is 10.4 Å². The molecule has 1 amide bonds. The van der Waals surface area contributed by atoms with Gasteiger partial charge in [0.15, 0.2) is 5.58 Å². The molecule has 25 heavy (non-hydrogen) atoms. The Morgan fingerprint density at radius 1 is 1.20 bits per heavy atom. The summed E-state index contributed by atoms with van der Waals surface area (Å²) in [5.41, 5.74) is 0.782. The summed E-state index contributed by atoms with van der Waals surface area (Å²) in [5.74, 6) is -0.473. The molecule has 0 unspecified atom stereocenters. The number of benzene rings is 1. The summed E-state index contributed by atoms with van der Waals surface area (Å²) in [6, 6.07) is 4.41. The summed E-state index contributed by atoms with van der Waals surface area (Å²) in [4.78, 5) is 25.3. The number of amides is 1. The van der Waals surface area contributed by atoms with Gasteiger partial charge in [0.2, 0.25) is 15.9 Å². The number of hydrogen-bond acceptors (Lipinski definition) is 5. The topological polar surface area (TPSA) is 92.8 Å². The maximum Gasteiger partial charge on any atom is 0.419 e. The van der Waals surface area contributed by atoms with Crippen molar-refractivity contribution in [3.63, 3.8) is 0 Å². The largest absolute Gasteiger partial charge is 0.419 e. The molecule has 0 saturated carbocycles. The zero-order chi connectivity index (χ0) is 18.2. The molecule has 0 bridgehead atoms. The van der Waals surface area contributed by atoms with Crippen LogP contribution in [0.2, 0.25) is 0 Å². The van der Waals surface area contributed by atoms with Gasteiger partial charge in [-0.05, 0) is 18.6 Å². The van der Waals surface area contributed by atoms with Gasteiger partial charge in [-0.15, -0.1) is 0 Å². The number of carbonyl (C=O) groups excluding carboxylic acids is 1. The van der Waals surface area contributed by atoms with Gasteiger partial charge in [0.1, 0.15) is 0 Å². The van der Waals surface area contributed by atoms with Gasteiger partial charge in [-0.1, -0.05) is 6.92 Å². The van der Waals surface area contributed by atoms with Crippen molar-refractivity contribution in [3.8, 4) is 0 Å². The summed E-state index contributed by atoms with van der Waals surface area (Å²) in [5, 5.41) is 0. The van der Waals surface area contributed by atoms with Gasteiger partial charge >= 0.3 is 5.76 Å². The predicted octanol–water partition coefficient (Wildman–Crippen LogP) is 0.764. The quantitative estimate of drug-likeness (QED) is 0.796. The molecule has 1 aliphatic rings. The maximum atomic E-state index is 12.8. The lowest BCUT2D eigenvalue weighted by Gasteiger charge is -2.34. The number of sulfonamides is 1. The standard InChI is InChI=1S/C16H21N3O5S/c1-3-4-15(20)18-7-9-19(10-8-18)25(22,23)12-5-6-13-14(11-12)24-16(21)17(13)2/h5-6,11H,3-4,7-10H2,1-2H3. The van der Waals surface area contributed by atoms with Crippen LogP contribution in [-0.4, -0.2) is 54.3 Å². The molecule has 0 atom stereocenters.